The molecule has 0 radical (unpaired) electrons. The van der Waals surface area contributed by atoms with Crippen LogP contribution in [0.3, 0.4) is 0 Å². The number of nitrogens with zero attached hydrogens (tertiary/aromatic N) is 1. The number of hydrogen-bond donors (Lipinski definition) is 2. The largest absolute Gasteiger partial charge is 0.493 e. The molecule has 160 valence electrons. The highest BCUT2D eigenvalue weighted by Gasteiger charge is 2.78. The number of nitrogens with two attached hydrogens (primary N) is 1. The van der Waals surface area contributed by atoms with Crippen LogP contribution in [0.15, 0.2) is 48.6 Å². The topological polar surface area (TPSA) is 67.9 Å². The van der Waals surface area contributed by atoms with E-state index in [-0.39, 0.29) is 22.9 Å². The molecule has 3 N–H and O–H groups in total. The monoisotopic (exact) mass is 416 g/mol. The molecule has 31 heavy (non-hydrogen) atoms. The van der Waals surface area contributed by atoms with Gasteiger partial charge in [0.1, 0.15) is 11.7 Å². The third kappa shape index (κ3) is 1.77. The Morgan fingerprint density at radius 1 is 1.19 bits per heavy atom. The zero-order valence-electron chi connectivity index (χ0n) is 18.0. The van der Waals surface area contributed by atoms with Crippen LogP contribution in [-0.2, 0) is 11.8 Å². The van der Waals surface area contributed by atoms with Crippen molar-refractivity contribution in [3.05, 3.63) is 65.2 Å². The van der Waals surface area contributed by atoms with Crippen molar-refractivity contribution in [2.24, 2.45) is 5.41 Å². The van der Waals surface area contributed by atoms with Crippen LogP contribution >= 0.6 is 0 Å². The molecule has 2 fully saturated rings. The fourth-order valence-corrected chi connectivity index (χ4v) is 8.09. The summed E-state index contributed by atoms with van der Waals surface area (Å²) < 4.78 is 12.5. The number of para-hydroxylation sites is 1. The van der Waals surface area contributed by atoms with Gasteiger partial charge >= 0.3 is 0 Å². The minimum atomic E-state index is -1.11. The molecule has 6 aliphatic rings. The van der Waals surface area contributed by atoms with Crippen molar-refractivity contribution in [2.45, 2.75) is 48.3 Å². The average Bonchev–Trinajstić information content (AvgIpc) is 3.14. The van der Waals surface area contributed by atoms with Gasteiger partial charge in [0.2, 0.25) is 0 Å². The van der Waals surface area contributed by atoms with E-state index in [4.69, 9.17) is 15.2 Å². The molecule has 0 aromatic heterocycles. The Kier molecular flexibility index (Phi) is 3.19. The smallest absolute Gasteiger partial charge is 0.166 e. The zero-order valence-corrected chi connectivity index (χ0v) is 18.0. The molecule has 5 nitrogen and oxygen atoms in total. The van der Waals surface area contributed by atoms with Gasteiger partial charge in [-0.05, 0) is 56.1 Å². The van der Waals surface area contributed by atoms with E-state index in [1.165, 1.54) is 11.1 Å². The lowest BCUT2D eigenvalue weighted by Crippen LogP contribution is -2.78. The predicted molar refractivity (Wildman–Crippen MR) is 119 cm³/mol. The number of ether oxygens (including phenoxy) is 2. The summed E-state index contributed by atoms with van der Waals surface area (Å²) in [6, 6.07) is 12.6. The number of benzene rings is 2. The molecule has 2 aromatic rings. The SMILES string of the molecule is COc1ccc2c3c1O[C@@H]1[C@@]4(O)C=C[C@]5(C[C@@H]4c4ccccc4N)C(C2)N(C)CC[C@]315. The van der Waals surface area contributed by atoms with Crippen molar-refractivity contribution >= 4 is 5.69 Å². The third-order valence-electron chi connectivity index (χ3n) is 9.33. The molecule has 6 atom stereocenters. The fourth-order valence-electron chi connectivity index (χ4n) is 8.09. The zero-order chi connectivity index (χ0) is 21.2. The van der Waals surface area contributed by atoms with Gasteiger partial charge in [-0.25, -0.2) is 0 Å². The van der Waals surface area contributed by atoms with Gasteiger partial charge < -0.3 is 25.2 Å². The number of aliphatic hydroxyl groups is 1. The summed E-state index contributed by atoms with van der Waals surface area (Å²) in [5.74, 6) is 1.52. The molecule has 1 unspecified atom stereocenters. The molecule has 4 bridgehead atoms. The molecule has 8 rings (SSSR count). The van der Waals surface area contributed by atoms with E-state index in [2.05, 4.69) is 30.2 Å². The van der Waals surface area contributed by atoms with E-state index >= 15 is 0 Å². The van der Waals surface area contributed by atoms with E-state index in [0.29, 0.717) is 6.04 Å². The number of likely N-dealkylation sites (N-methyl/N-ethyl adjacent to an activating group) is 1. The summed E-state index contributed by atoms with van der Waals surface area (Å²) in [7, 11) is 3.95. The quantitative estimate of drug-likeness (QED) is 0.582. The molecular formula is C26H28N2O3. The first-order chi connectivity index (χ1) is 15.0. The summed E-state index contributed by atoms with van der Waals surface area (Å²) in [6.45, 7) is 1.00. The number of piperidine rings is 1. The van der Waals surface area contributed by atoms with E-state index in [1.807, 2.05) is 30.3 Å². The van der Waals surface area contributed by atoms with Crippen molar-refractivity contribution in [2.75, 3.05) is 26.4 Å². The Balaban J connectivity index is 1.54. The van der Waals surface area contributed by atoms with Crippen LogP contribution in [0.25, 0.3) is 0 Å². The lowest BCUT2D eigenvalue weighted by Gasteiger charge is -2.70. The normalized spacial score (nSPS) is 41.1. The first kappa shape index (κ1) is 18.1. The van der Waals surface area contributed by atoms with Crippen LogP contribution < -0.4 is 15.2 Å². The van der Waals surface area contributed by atoms with Gasteiger partial charge in [-0.2, -0.15) is 0 Å². The molecule has 0 amide bonds. The fraction of sp³-hybridized carbons (Fsp3) is 0.462. The van der Waals surface area contributed by atoms with E-state index < -0.39 is 5.60 Å². The van der Waals surface area contributed by atoms with Crippen LogP contribution in [0.4, 0.5) is 5.69 Å². The molecule has 2 aliphatic heterocycles. The number of rotatable bonds is 2. The minimum Gasteiger partial charge on any atom is -0.493 e. The molecule has 5 heteroatoms. The highest BCUT2D eigenvalue weighted by molar-refractivity contribution is 5.66. The molecular weight excluding hydrogens is 388 g/mol. The average molecular weight is 417 g/mol. The summed E-state index contributed by atoms with van der Waals surface area (Å²) in [6.07, 6.45) is 6.89. The van der Waals surface area contributed by atoms with Crippen LogP contribution in [-0.4, -0.2) is 48.5 Å². The lowest BCUT2D eigenvalue weighted by atomic mass is 9.37. The second kappa shape index (κ2) is 5.45. The Labute approximate surface area is 182 Å². The first-order valence-electron chi connectivity index (χ1n) is 11.3. The second-order valence-electron chi connectivity index (χ2n) is 10.2. The van der Waals surface area contributed by atoms with Crippen molar-refractivity contribution in [1.29, 1.82) is 0 Å². The van der Waals surface area contributed by atoms with Gasteiger partial charge in [0.25, 0.3) is 0 Å². The van der Waals surface area contributed by atoms with Gasteiger partial charge in [-0.15, -0.1) is 0 Å². The molecule has 1 saturated heterocycles. The second-order valence-corrected chi connectivity index (χ2v) is 10.2. The number of fused-ring (bicyclic) bond motifs is 1. The minimum absolute atomic E-state index is 0.104. The number of anilines is 1. The van der Waals surface area contributed by atoms with Gasteiger partial charge in [-0.1, -0.05) is 36.4 Å². The van der Waals surface area contributed by atoms with Crippen molar-refractivity contribution in [3.8, 4) is 11.5 Å². The molecule has 2 spiro atoms. The summed E-state index contributed by atoms with van der Waals surface area (Å²) >= 11 is 0. The molecule has 2 heterocycles. The van der Waals surface area contributed by atoms with Crippen LogP contribution in [0.1, 0.15) is 35.4 Å². The summed E-state index contributed by atoms with van der Waals surface area (Å²) in [5, 5.41) is 12.3. The number of hydrogen-bond acceptors (Lipinski definition) is 5. The summed E-state index contributed by atoms with van der Waals surface area (Å²) in [4.78, 5) is 2.53. The van der Waals surface area contributed by atoms with Crippen molar-refractivity contribution in [1.82, 2.24) is 4.90 Å². The standard InChI is InChI=1S/C26H28N2O3/c1-28-12-11-25-21-15-7-8-19(30-2)22(21)31-23(25)26(29)10-9-24(25,20(28)13-15)14-17(26)16-5-3-4-6-18(16)27/h3-10,17,20,23,29H,11-14,27H2,1-2H3/t17-,20?,23+,24+,25+,26-/m1/s1. The molecule has 1 saturated carbocycles. The van der Waals surface area contributed by atoms with Crippen molar-refractivity contribution in [3.63, 3.8) is 0 Å². The van der Waals surface area contributed by atoms with Crippen LogP contribution in [0.5, 0.6) is 11.5 Å². The Morgan fingerprint density at radius 2 is 2.03 bits per heavy atom. The van der Waals surface area contributed by atoms with Crippen LogP contribution in [0.2, 0.25) is 0 Å². The highest BCUT2D eigenvalue weighted by atomic mass is 16.5. The maximum atomic E-state index is 12.3. The maximum Gasteiger partial charge on any atom is 0.166 e. The Morgan fingerprint density at radius 3 is 2.84 bits per heavy atom. The van der Waals surface area contributed by atoms with Crippen molar-refractivity contribution < 1.29 is 14.6 Å². The van der Waals surface area contributed by atoms with Gasteiger partial charge in [0, 0.05) is 28.6 Å². The van der Waals surface area contributed by atoms with E-state index in [1.54, 1.807) is 7.11 Å². The molecule has 4 aliphatic carbocycles. The number of likely N-dealkylation sites (tertiary alicyclic amines) is 1. The number of nitrogen functional groups attached to an aromatic ring is 1. The predicted octanol–water partition coefficient (Wildman–Crippen LogP) is 3.01. The first-order valence-corrected chi connectivity index (χ1v) is 11.3. The highest BCUT2D eigenvalue weighted by Crippen LogP contribution is 2.75. The van der Waals surface area contributed by atoms with Gasteiger partial charge in [-0.3, -0.25) is 0 Å². The Hall–Kier alpha value is -2.50. The third-order valence-corrected chi connectivity index (χ3v) is 9.33. The summed E-state index contributed by atoms with van der Waals surface area (Å²) in [5.41, 5.74) is 9.41. The van der Waals surface area contributed by atoms with E-state index in [9.17, 15) is 5.11 Å². The van der Waals surface area contributed by atoms with E-state index in [0.717, 1.165) is 48.6 Å². The molecule has 2 aromatic carbocycles. The Bertz CT molecular complexity index is 1160. The van der Waals surface area contributed by atoms with Gasteiger partial charge in [0.15, 0.2) is 11.5 Å². The van der Waals surface area contributed by atoms with Gasteiger partial charge in [0.05, 0.1) is 12.5 Å². The lowest BCUT2D eigenvalue weighted by molar-refractivity contribution is -0.186. The number of methoxy groups -OCH3 is 1. The maximum absolute atomic E-state index is 12.3. The van der Waals surface area contributed by atoms with Crippen LogP contribution in [0, 0.1) is 5.41 Å².